The van der Waals surface area contributed by atoms with Crippen LogP contribution in [-0.2, 0) is 14.8 Å². The van der Waals surface area contributed by atoms with Gasteiger partial charge in [0.1, 0.15) is 0 Å². The van der Waals surface area contributed by atoms with Crippen LogP contribution in [0.25, 0.3) is 0 Å². The van der Waals surface area contributed by atoms with Gasteiger partial charge in [-0.3, -0.25) is 14.9 Å². The lowest BCUT2D eigenvalue weighted by Crippen LogP contribution is -2.37. The van der Waals surface area contributed by atoms with Gasteiger partial charge in [-0.05, 0) is 19.4 Å². The van der Waals surface area contributed by atoms with Crippen LogP contribution >= 0.6 is 0 Å². The van der Waals surface area contributed by atoms with E-state index in [4.69, 9.17) is 5.11 Å². The average Bonchev–Trinajstić information content (AvgIpc) is 2.81. The van der Waals surface area contributed by atoms with Crippen LogP contribution < -0.4 is 0 Å². The van der Waals surface area contributed by atoms with Crippen molar-refractivity contribution in [2.75, 3.05) is 6.54 Å². The van der Waals surface area contributed by atoms with E-state index in [9.17, 15) is 23.3 Å². The van der Waals surface area contributed by atoms with Crippen LogP contribution in [0.5, 0.6) is 0 Å². The molecule has 0 aliphatic carbocycles. The van der Waals surface area contributed by atoms with Crippen molar-refractivity contribution in [2.45, 2.75) is 24.3 Å². The second kappa shape index (κ2) is 5.41. The topological polar surface area (TPSA) is 118 Å². The van der Waals surface area contributed by atoms with Gasteiger partial charge in [-0.1, -0.05) is 12.1 Å². The molecule has 8 nitrogen and oxygen atoms in total. The molecular weight excluding hydrogens is 300 g/mol. The molecule has 0 aromatic heterocycles. The summed E-state index contributed by atoms with van der Waals surface area (Å²) in [7, 11) is -4.10. The Morgan fingerprint density at radius 1 is 1.43 bits per heavy atom. The molecule has 0 amide bonds. The molecule has 1 aliphatic rings. The van der Waals surface area contributed by atoms with Crippen LogP contribution in [0.4, 0.5) is 5.69 Å². The van der Waals surface area contributed by atoms with E-state index in [-0.39, 0.29) is 13.0 Å². The second-order valence-electron chi connectivity index (χ2n) is 4.81. The number of nitro groups is 1. The molecule has 0 bridgehead atoms. The monoisotopic (exact) mass is 314 g/mol. The normalized spacial score (nSPS) is 23.1. The summed E-state index contributed by atoms with van der Waals surface area (Å²) in [6, 6.07) is 4.31. The Labute approximate surface area is 121 Å². The summed E-state index contributed by atoms with van der Waals surface area (Å²) >= 11 is 0. The van der Waals surface area contributed by atoms with Gasteiger partial charge in [0.25, 0.3) is 5.69 Å². The van der Waals surface area contributed by atoms with Gasteiger partial charge in [0, 0.05) is 18.7 Å². The Bertz CT molecular complexity index is 687. The first-order valence-corrected chi connectivity index (χ1v) is 7.69. The molecule has 21 heavy (non-hydrogen) atoms. The van der Waals surface area contributed by atoms with E-state index in [0.29, 0.717) is 0 Å². The molecule has 1 aromatic carbocycles. The Balaban J connectivity index is 2.45. The molecule has 1 aliphatic heterocycles. The van der Waals surface area contributed by atoms with Gasteiger partial charge >= 0.3 is 5.97 Å². The van der Waals surface area contributed by atoms with E-state index >= 15 is 0 Å². The van der Waals surface area contributed by atoms with Gasteiger partial charge < -0.3 is 5.11 Å². The number of carboxylic acids is 1. The molecule has 2 unspecified atom stereocenters. The van der Waals surface area contributed by atoms with Crippen molar-refractivity contribution in [3.05, 3.63) is 34.4 Å². The molecule has 114 valence electrons. The highest BCUT2D eigenvalue weighted by atomic mass is 32.2. The molecule has 0 radical (unpaired) electrons. The van der Waals surface area contributed by atoms with Crippen molar-refractivity contribution in [2.24, 2.45) is 5.92 Å². The quantitative estimate of drug-likeness (QED) is 0.656. The van der Waals surface area contributed by atoms with Crippen LogP contribution in [0, 0.1) is 16.0 Å². The van der Waals surface area contributed by atoms with Gasteiger partial charge in [-0.15, -0.1) is 0 Å². The number of hydrogen-bond donors (Lipinski definition) is 1. The van der Waals surface area contributed by atoms with Crippen molar-refractivity contribution in [1.82, 2.24) is 4.31 Å². The standard InChI is InChI=1S/C12H14N2O6S/c1-8-9(12(15)16)6-7-13(8)21(19,20)11-5-3-2-4-10(11)14(17)18/h2-5,8-9H,6-7H2,1H3,(H,15,16). The first-order valence-electron chi connectivity index (χ1n) is 6.25. The maximum Gasteiger partial charge on any atom is 0.308 e. The van der Waals surface area contributed by atoms with Crippen molar-refractivity contribution in [3.8, 4) is 0 Å². The smallest absolute Gasteiger partial charge is 0.308 e. The fraction of sp³-hybridized carbons (Fsp3) is 0.417. The maximum atomic E-state index is 12.6. The summed E-state index contributed by atoms with van der Waals surface area (Å²) in [6.07, 6.45) is 0.191. The third-order valence-electron chi connectivity index (χ3n) is 3.66. The Kier molecular flexibility index (Phi) is 3.97. The van der Waals surface area contributed by atoms with Crippen LogP contribution in [-0.4, -0.2) is 41.3 Å². The summed E-state index contributed by atoms with van der Waals surface area (Å²) in [5.41, 5.74) is -0.511. The zero-order valence-corrected chi connectivity index (χ0v) is 12.0. The number of nitrogens with zero attached hydrogens (tertiary/aromatic N) is 2. The maximum absolute atomic E-state index is 12.6. The van der Waals surface area contributed by atoms with E-state index in [0.717, 1.165) is 16.4 Å². The molecule has 2 atom stereocenters. The van der Waals surface area contributed by atoms with E-state index in [2.05, 4.69) is 0 Å². The third-order valence-corrected chi connectivity index (χ3v) is 5.70. The zero-order valence-electron chi connectivity index (χ0n) is 11.2. The fourth-order valence-electron chi connectivity index (χ4n) is 2.53. The number of nitro benzene ring substituents is 1. The van der Waals surface area contributed by atoms with Gasteiger partial charge in [-0.2, -0.15) is 4.31 Å². The molecule has 0 spiro atoms. The average molecular weight is 314 g/mol. The molecule has 1 aromatic rings. The lowest BCUT2D eigenvalue weighted by atomic mass is 10.0. The highest BCUT2D eigenvalue weighted by molar-refractivity contribution is 7.89. The lowest BCUT2D eigenvalue weighted by Gasteiger charge is -2.22. The molecule has 2 rings (SSSR count). The molecule has 1 fully saturated rings. The van der Waals surface area contributed by atoms with E-state index in [1.54, 1.807) is 0 Å². The van der Waals surface area contributed by atoms with Crippen LogP contribution in [0.2, 0.25) is 0 Å². The summed E-state index contributed by atoms with van der Waals surface area (Å²) in [5, 5.41) is 20.0. The lowest BCUT2D eigenvalue weighted by molar-refractivity contribution is -0.387. The summed E-state index contributed by atoms with van der Waals surface area (Å²) in [4.78, 5) is 20.9. The van der Waals surface area contributed by atoms with E-state index in [1.807, 2.05) is 0 Å². The van der Waals surface area contributed by atoms with Gasteiger partial charge in [0.15, 0.2) is 4.90 Å². The molecule has 1 N–H and O–H groups in total. The van der Waals surface area contributed by atoms with Gasteiger partial charge in [0.2, 0.25) is 10.0 Å². The highest BCUT2D eigenvalue weighted by Crippen LogP contribution is 2.33. The number of carboxylic acid groups (broad SMARTS) is 1. The fourth-order valence-corrected chi connectivity index (χ4v) is 4.37. The zero-order chi connectivity index (χ0) is 15.8. The Morgan fingerprint density at radius 3 is 2.57 bits per heavy atom. The predicted molar refractivity (Wildman–Crippen MR) is 72.2 cm³/mol. The van der Waals surface area contributed by atoms with Crippen molar-refractivity contribution in [3.63, 3.8) is 0 Å². The van der Waals surface area contributed by atoms with Gasteiger partial charge in [-0.25, -0.2) is 8.42 Å². The largest absolute Gasteiger partial charge is 0.481 e. The summed E-state index contributed by atoms with van der Waals surface area (Å²) < 4.78 is 26.2. The predicted octanol–water partition coefficient (Wildman–Crippen LogP) is 1.08. The van der Waals surface area contributed by atoms with Crippen LogP contribution in [0.3, 0.4) is 0 Å². The van der Waals surface area contributed by atoms with Crippen molar-refractivity contribution < 1.29 is 23.2 Å². The SMILES string of the molecule is CC1C(C(=O)O)CCN1S(=O)(=O)c1ccccc1[N+](=O)[O-]. The minimum absolute atomic E-state index is 0.0342. The van der Waals surface area contributed by atoms with Crippen LogP contribution in [0.15, 0.2) is 29.2 Å². The first-order chi connectivity index (χ1) is 9.76. The van der Waals surface area contributed by atoms with Crippen molar-refractivity contribution in [1.29, 1.82) is 0 Å². The Morgan fingerprint density at radius 2 is 2.05 bits per heavy atom. The summed E-state index contributed by atoms with van der Waals surface area (Å²) in [5.74, 6) is -1.87. The second-order valence-corrected chi connectivity index (χ2v) is 6.67. The van der Waals surface area contributed by atoms with E-state index < -0.39 is 43.5 Å². The Hall–Kier alpha value is -2.00. The number of carbonyl (C=O) groups is 1. The number of aliphatic carboxylic acids is 1. The number of benzene rings is 1. The van der Waals surface area contributed by atoms with Crippen LogP contribution in [0.1, 0.15) is 13.3 Å². The minimum atomic E-state index is -4.10. The number of para-hydroxylation sites is 1. The minimum Gasteiger partial charge on any atom is -0.481 e. The molecular formula is C12H14N2O6S. The molecule has 1 saturated heterocycles. The number of sulfonamides is 1. The molecule has 0 saturated carbocycles. The molecule has 9 heteroatoms. The third kappa shape index (κ3) is 2.61. The summed E-state index contributed by atoms with van der Waals surface area (Å²) in [6.45, 7) is 1.53. The first kappa shape index (κ1) is 15.4. The van der Waals surface area contributed by atoms with Gasteiger partial charge in [0.05, 0.1) is 10.8 Å². The highest BCUT2D eigenvalue weighted by Gasteiger charge is 2.43. The van der Waals surface area contributed by atoms with E-state index in [1.165, 1.54) is 19.1 Å². The molecule has 1 heterocycles. The number of rotatable bonds is 4. The van der Waals surface area contributed by atoms with Crippen molar-refractivity contribution >= 4 is 21.7 Å². The number of hydrogen-bond acceptors (Lipinski definition) is 5.